The summed E-state index contributed by atoms with van der Waals surface area (Å²) in [4.78, 5) is 24.6. The summed E-state index contributed by atoms with van der Waals surface area (Å²) in [5.74, 6) is -0.445. The van der Waals surface area contributed by atoms with Gasteiger partial charge >= 0.3 is 5.97 Å². The van der Waals surface area contributed by atoms with E-state index in [1.54, 1.807) is 24.3 Å². The Morgan fingerprint density at radius 1 is 1.04 bits per heavy atom. The standard InChI is InChI=1S/C18H17Cl2NO5/c1-10(17(22)21-15-8-11(19)4-7-14(15)20)26-18(23)13-6-5-12(24-2)9-16(13)25-3/h4-10H,1-3H3,(H,21,22)/t10-/m1/s1. The molecule has 26 heavy (non-hydrogen) atoms. The van der Waals surface area contributed by atoms with E-state index in [1.807, 2.05) is 0 Å². The number of amides is 1. The molecule has 0 aromatic heterocycles. The van der Waals surface area contributed by atoms with E-state index in [9.17, 15) is 9.59 Å². The van der Waals surface area contributed by atoms with Gasteiger partial charge in [0.2, 0.25) is 0 Å². The molecule has 2 rings (SSSR count). The summed E-state index contributed by atoms with van der Waals surface area (Å²) in [7, 11) is 2.92. The van der Waals surface area contributed by atoms with Crippen molar-refractivity contribution < 1.29 is 23.8 Å². The molecule has 1 atom stereocenters. The molecular formula is C18H17Cl2NO5. The molecule has 0 saturated carbocycles. The molecule has 1 amide bonds. The van der Waals surface area contributed by atoms with Gasteiger partial charge in [0.25, 0.3) is 5.91 Å². The van der Waals surface area contributed by atoms with E-state index in [1.165, 1.54) is 33.3 Å². The van der Waals surface area contributed by atoms with Crippen molar-refractivity contribution in [3.05, 3.63) is 52.0 Å². The molecule has 2 aromatic carbocycles. The van der Waals surface area contributed by atoms with Gasteiger partial charge in [-0.15, -0.1) is 0 Å². The summed E-state index contributed by atoms with van der Waals surface area (Å²) in [6.45, 7) is 1.45. The fourth-order valence-corrected chi connectivity index (χ4v) is 2.41. The third-order valence-electron chi connectivity index (χ3n) is 3.47. The number of hydrogen-bond acceptors (Lipinski definition) is 5. The number of methoxy groups -OCH3 is 2. The lowest BCUT2D eigenvalue weighted by molar-refractivity contribution is -0.123. The number of benzene rings is 2. The number of hydrogen-bond donors (Lipinski definition) is 1. The second-order valence-corrected chi connectivity index (χ2v) is 6.07. The molecule has 138 valence electrons. The number of halogens is 2. The second kappa shape index (κ2) is 8.78. The molecule has 8 heteroatoms. The minimum Gasteiger partial charge on any atom is -0.497 e. The molecule has 0 spiro atoms. The van der Waals surface area contributed by atoms with Crippen molar-refractivity contribution in [2.75, 3.05) is 19.5 Å². The Balaban J connectivity index is 2.09. The zero-order chi connectivity index (χ0) is 19.3. The van der Waals surface area contributed by atoms with Crippen LogP contribution in [0.4, 0.5) is 5.69 Å². The quantitative estimate of drug-likeness (QED) is 0.739. The van der Waals surface area contributed by atoms with Crippen LogP contribution < -0.4 is 14.8 Å². The van der Waals surface area contributed by atoms with Crippen molar-refractivity contribution in [2.45, 2.75) is 13.0 Å². The van der Waals surface area contributed by atoms with Gasteiger partial charge in [0.1, 0.15) is 17.1 Å². The smallest absolute Gasteiger partial charge is 0.342 e. The summed E-state index contributed by atoms with van der Waals surface area (Å²) in [6.07, 6.45) is -1.07. The Bertz CT molecular complexity index is 825. The van der Waals surface area contributed by atoms with E-state index in [0.717, 1.165) is 0 Å². The molecule has 0 bridgehead atoms. The van der Waals surface area contributed by atoms with Crippen LogP contribution in [0.15, 0.2) is 36.4 Å². The maximum atomic E-state index is 12.3. The van der Waals surface area contributed by atoms with Crippen LogP contribution in [0, 0.1) is 0 Å². The average molecular weight is 398 g/mol. The SMILES string of the molecule is COc1ccc(C(=O)O[C@H](C)C(=O)Nc2cc(Cl)ccc2Cl)c(OC)c1. The average Bonchev–Trinajstić information content (AvgIpc) is 2.63. The Hall–Kier alpha value is -2.44. The molecule has 0 unspecified atom stereocenters. The minimum absolute atomic E-state index is 0.175. The zero-order valence-corrected chi connectivity index (χ0v) is 15.9. The van der Waals surface area contributed by atoms with E-state index in [-0.39, 0.29) is 11.3 Å². The van der Waals surface area contributed by atoms with Gasteiger partial charge in [0.05, 0.1) is 24.9 Å². The predicted octanol–water partition coefficient (Wildman–Crippen LogP) is 4.19. The number of esters is 1. The van der Waals surface area contributed by atoms with Crippen LogP contribution >= 0.6 is 23.2 Å². The summed E-state index contributed by atoms with van der Waals surface area (Å²) in [6, 6.07) is 9.29. The number of carbonyl (C=O) groups excluding carboxylic acids is 2. The van der Waals surface area contributed by atoms with E-state index in [2.05, 4.69) is 5.32 Å². The number of ether oxygens (including phenoxy) is 3. The van der Waals surface area contributed by atoms with E-state index in [4.69, 9.17) is 37.4 Å². The first-order valence-corrected chi connectivity index (χ1v) is 8.30. The van der Waals surface area contributed by atoms with E-state index in [0.29, 0.717) is 21.5 Å². The number of rotatable bonds is 6. The second-order valence-electron chi connectivity index (χ2n) is 5.23. The third-order valence-corrected chi connectivity index (χ3v) is 4.03. The van der Waals surface area contributed by atoms with E-state index < -0.39 is 18.0 Å². The molecule has 6 nitrogen and oxygen atoms in total. The minimum atomic E-state index is -1.07. The monoisotopic (exact) mass is 397 g/mol. The maximum absolute atomic E-state index is 12.3. The first-order chi connectivity index (χ1) is 12.3. The summed E-state index contributed by atoms with van der Waals surface area (Å²) in [5.41, 5.74) is 0.503. The highest BCUT2D eigenvalue weighted by Crippen LogP contribution is 2.27. The van der Waals surface area contributed by atoms with E-state index >= 15 is 0 Å². The lowest BCUT2D eigenvalue weighted by atomic mass is 10.2. The van der Waals surface area contributed by atoms with Crippen molar-refractivity contribution in [2.24, 2.45) is 0 Å². The Morgan fingerprint density at radius 2 is 1.77 bits per heavy atom. The van der Waals surface area contributed by atoms with Crippen molar-refractivity contribution >= 4 is 40.8 Å². The fourth-order valence-electron chi connectivity index (χ4n) is 2.07. The largest absolute Gasteiger partial charge is 0.497 e. The first-order valence-electron chi connectivity index (χ1n) is 7.54. The normalized spacial score (nSPS) is 11.4. The van der Waals surface area contributed by atoms with Gasteiger partial charge in [-0.05, 0) is 37.3 Å². The van der Waals surface area contributed by atoms with Gasteiger partial charge in [0.15, 0.2) is 6.10 Å². The molecule has 1 N–H and O–H groups in total. The first kappa shape index (κ1) is 19.9. The van der Waals surface area contributed by atoms with Crippen LogP contribution in [-0.2, 0) is 9.53 Å². The Labute approximate surface area is 160 Å². The van der Waals surface area contributed by atoms with Crippen molar-refractivity contribution in [3.63, 3.8) is 0 Å². The van der Waals surface area contributed by atoms with Gasteiger partial charge < -0.3 is 19.5 Å². The van der Waals surface area contributed by atoms with Crippen molar-refractivity contribution in [1.29, 1.82) is 0 Å². The molecule has 0 aliphatic heterocycles. The summed E-state index contributed by atoms with van der Waals surface area (Å²) < 4.78 is 15.4. The van der Waals surface area contributed by atoms with Gasteiger partial charge in [-0.3, -0.25) is 4.79 Å². The lowest BCUT2D eigenvalue weighted by Crippen LogP contribution is -2.30. The fraction of sp³-hybridized carbons (Fsp3) is 0.222. The van der Waals surface area contributed by atoms with Crippen molar-refractivity contribution in [3.8, 4) is 11.5 Å². The number of nitrogens with one attached hydrogen (secondary N) is 1. The number of carbonyl (C=O) groups is 2. The van der Waals surface area contributed by atoms with Gasteiger partial charge in [-0.25, -0.2) is 4.79 Å². The van der Waals surface area contributed by atoms with Gasteiger partial charge in [-0.1, -0.05) is 23.2 Å². The highest BCUT2D eigenvalue weighted by atomic mass is 35.5. The van der Waals surface area contributed by atoms with Crippen LogP contribution in [0.25, 0.3) is 0 Å². The summed E-state index contributed by atoms with van der Waals surface area (Å²) in [5, 5.41) is 3.30. The number of anilines is 1. The zero-order valence-electron chi connectivity index (χ0n) is 14.3. The molecule has 0 aliphatic carbocycles. The molecule has 0 heterocycles. The van der Waals surface area contributed by atoms with Crippen LogP contribution in [-0.4, -0.2) is 32.2 Å². The molecular weight excluding hydrogens is 381 g/mol. The molecule has 0 radical (unpaired) electrons. The maximum Gasteiger partial charge on any atom is 0.342 e. The molecule has 2 aromatic rings. The molecule has 0 saturated heterocycles. The van der Waals surface area contributed by atoms with Crippen LogP contribution in [0.3, 0.4) is 0 Å². The lowest BCUT2D eigenvalue weighted by Gasteiger charge is -2.16. The third kappa shape index (κ3) is 4.80. The van der Waals surface area contributed by atoms with Gasteiger partial charge in [0, 0.05) is 11.1 Å². The van der Waals surface area contributed by atoms with Crippen LogP contribution in [0.2, 0.25) is 10.0 Å². The molecule has 0 fully saturated rings. The highest BCUT2D eigenvalue weighted by Gasteiger charge is 2.22. The molecule has 0 aliphatic rings. The predicted molar refractivity (Wildman–Crippen MR) is 99.5 cm³/mol. The summed E-state index contributed by atoms with van der Waals surface area (Å²) >= 11 is 11.9. The van der Waals surface area contributed by atoms with Gasteiger partial charge in [-0.2, -0.15) is 0 Å². The van der Waals surface area contributed by atoms with Crippen molar-refractivity contribution in [1.82, 2.24) is 0 Å². The Kier molecular flexibility index (Phi) is 6.71. The highest BCUT2D eigenvalue weighted by molar-refractivity contribution is 6.35. The Morgan fingerprint density at radius 3 is 2.42 bits per heavy atom. The topological polar surface area (TPSA) is 73.9 Å². The van der Waals surface area contributed by atoms with Crippen LogP contribution in [0.5, 0.6) is 11.5 Å². The van der Waals surface area contributed by atoms with Crippen LogP contribution in [0.1, 0.15) is 17.3 Å².